The van der Waals surface area contributed by atoms with Crippen molar-refractivity contribution in [2.24, 2.45) is 0 Å². The molecule has 1 aliphatic carbocycles. The van der Waals surface area contributed by atoms with Crippen molar-refractivity contribution >= 4 is 49.5 Å². The highest BCUT2D eigenvalue weighted by molar-refractivity contribution is 9.13. The van der Waals surface area contributed by atoms with E-state index in [1.807, 2.05) is 0 Å². The second-order valence-electron chi connectivity index (χ2n) is 2.85. The molecule has 2 rings (SSSR count). The van der Waals surface area contributed by atoms with Gasteiger partial charge >= 0.3 is 0 Å². The van der Waals surface area contributed by atoms with Crippen LogP contribution in [0.5, 0.6) is 0 Å². The zero-order chi connectivity index (χ0) is 10.3. The summed E-state index contributed by atoms with van der Waals surface area (Å²) >= 11 is 6.68. The van der Waals surface area contributed by atoms with E-state index in [9.17, 15) is 9.59 Å². The van der Waals surface area contributed by atoms with Gasteiger partial charge < -0.3 is 0 Å². The maximum atomic E-state index is 11.4. The summed E-state index contributed by atoms with van der Waals surface area (Å²) in [6.07, 6.45) is 2.94. The largest absolute Gasteiger partial charge is 0.286 e. The van der Waals surface area contributed by atoms with E-state index in [4.69, 9.17) is 0 Å². The smallest absolute Gasteiger partial charge is 0.233 e. The quantitative estimate of drug-likeness (QED) is 0.690. The average Bonchev–Trinajstić information content (AvgIpc) is 2.17. The van der Waals surface area contributed by atoms with Crippen LogP contribution in [0.4, 0.5) is 0 Å². The summed E-state index contributed by atoms with van der Waals surface area (Å²) in [5, 5.41) is 0. The second kappa shape index (κ2) is 3.44. The zero-order valence-electron chi connectivity index (χ0n) is 6.88. The summed E-state index contributed by atoms with van der Waals surface area (Å²) in [5.74, 6) is -0.914. The molecule has 0 radical (unpaired) electrons. The van der Waals surface area contributed by atoms with Crippen LogP contribution in [-0.2, 0) is 4.79 Å². The summed E-state index contributed by atoms with van der Waals surface area (Å²) in [5.41, 5.74) is 1.21. The van der Waals surface area contributed by atoms with Crippen LogP contribution in [-0.4, -0.2) is 11.6 Å². The Morgan fingerprint density at radius 1 is 1.00 bits per heavy atom. The fourth-order valence-electron chi connectivity index (χ4n) is 1.29. The van der Waals surface area contributed by atoms with Crippen LogP contribution < -0.4 is 0 Å². The predicted molar refractivity (Wildman–Crippen MR) is 60.2 cm³/mol. The Morgan fingerprint density at radius 2 is 1.71 bits per heavy atom. The van der Waals surface area contributed by atoms with Crippen LogP contribution in [0.1, 0.15) is 15.9 Å². The van der Waals surface area contributed by atoms with E-state index in [0.29, 0.717) is 5.56 Å². The summed E-state index contributed by atoms with van der Waals surface area (Å²) in [6.45, 7) is 0. The summed E-state index contributed by atoms with van der Waals surface area (Å²) < 4.78 is 1.66. The van der Waals surface area contributed by atoms with Gasteiger partial charge in [0.15, 0.2) is 0 Å². The minimum atomic E-state index is -0.466. The minimum Gasteiger partial charge on any atom is -0.286 e. The minimum absolute atomic E-state index is 0.448. The maximum absolute atomic E-state index is 11.4. The number of carbonyl (C=O) groups excluding carboxylic acids is 2. The number of benzene rings is 1. The number of Topliss-reactive ketones (excluding diaryl/α,β-unsaturated/α-hetero) is 1. The van der Waals surface area contributed by atoms with Crippen molar-refractivity contribution in [1.82, 2.24) is 0 Å². The van der Waals surface area contributed by atoms with Gasteiger partial charge in [0.2, 0.25) is 11.6 Å². The number of halogens is 2. The molecule has 0 fully saturated rings. The molecule has 0 spiro atoms. The molecule has 0 saturated carbocycles. The molecule has 2 nitrogen and oxygen atoms in total. The number of rotatable bonds is 0. The van der Waals surface area contributed by atoms with E-state index in [2.05, 4.69) is 31.9 Å². The Balaban J connectivity index is 2.74. The molecule has 14 heavy (non-hydrogen) atoms. The molecule has 0 N–H and O–H groups in total. The number of carbonyl (C=O) groups is 2. The van der Waals surface area contributed by atoms with Crippen molar-refractivity contribution in [3.05, 3.63) is 38.3 Å². The lowest BCUT2D eigenvalue weighted by atomic mass is 9.96. The van der Waals surface area contributed by atoms with Crippen LogP contribution in [0, 0.1) is 0 Å². The first-order valence-corrected chi connectivity index (χ1v) is 5.44. The standard InChI is InChI=1S/C10H4Br2O2/c11-7-3-1-6-5(9(7)12)2-4-8(13)10(6)14/h1-4H. The van der Waals surface area contributed by atoms with Gasteiger partial charge in [0.1, 0.15) is 0 Å². The van der Waals surface area contributed by atoms with E-state index in [0.717, 1.165) is 14.5 Å². The number of fused-ring (bicyclic) bond motifs is 1. The van der Waals surface area contributed by atoms with Crippen molar-refractivity contribution in [3.8, 4) is 0 Å². The van der Waals surface area contributed by atoms with E-state index in [1.165, 1.54) is 6.08 Å². The topological polar surface area (TPSA) is 34.1 Å². The van der Waals surface area contributed by atoms with Gasteiger partial charge in [0.25, 0.3) is 0 Å². The molecule has 1 aromatic carbocycles. The molecule has 0 bridgehead atoms. The van der Waals surface area contributed by atoms with Gasteiger partial charge in [-0.15, -0.1) is 0 Å². The maximum Gasteiger partial charge on any atom is 0.233 e. The number of hydrogen-bond donors (Lipinski definition) is 0. The molecular weight excluding hydrogens is 312 g/mol. The molecule has 70 valence electrons. The van der Waals surface area contributed by atoms with E-state index in [-0.39, 0.29) is 0 Å². The van der Waals surface area contributed by atoms with Gasteiger partial charge in [-0.3, -0.25) is 9.59 Å². The van der Waals surface area contributed by atoms with Crippen LogP contribution in [0.25, 0.3) is 6.08 Å². The second-order valence-corrected chi connectivity index (χ2v) is 4.50. The van der Waals surface area contributed by atoms with Gasteiger partial charge in [-0.2, -0.15) is 0 Å². The van der Waals surface area contributed by atoms with Crippen molar-refractivity contribution in [3.63, 3.8) is 0 Å². The van der Waals surface area contributed by atoms with Crippen LogP contribution in [0.2, 0.25) is 0 Å². The third-order valence-electron chi connectivity index (χ3n) is 2.00. The number of hydrogen-bond acceptors (Lipinski definition) is 2. The highest BCUT2D eigenvalue weighted by atomic mass is 79.9. The Morgan fingerprint density at radius 3 is 2.43 bits per heavy atom. The summed E-state index contributed by atoms with van der Waals surface area (Å²) in [4.78, 5) is 22.5. The van der Waals surface area contributed by atoms with Crippen molar-refractivity contribution in [2.45, 2.75) is 0 Å². The Kier molecular flexibility index (Phi) is 2.41. The fourth-order valence-corrected chi connectivity index (χ4v) is 2.12. The lowest BCUT2D eigenvalue weighted by Gasteiger charge is -2.10. The molecule has 1 aromatic rings. The number of allylic oxidation sites excluding steroid dienone is 1. The third kappa shape index (κ3) is 1.38. The Bertz CT molecular complexity index is 475. The van der Waals surface area contributed by atoms with Gasteiger partial charge in [-0.25, -0.2) is 0 Å². The Labute approximate surface area is 97.3 Å². The summed E-state index contributed by atoms with van der Waals surface area (Å²) in [6, 6.07) is 3.39. The van der Waals surface area contributed by atoms with E-state index in [1.54, 1.807) is 18.2 Å². The highest BCUT2D eigenvalue weighted by Crippen LogP contribution is 2.32. The average molecular weight is 316 g/mol. The van der Waals surface area contributed by atoms with Crippen LogP contribution in [0.3, 0.4) is 0 Å². The molecule has 0 heterocycles. The predicted octanol–water partition coefficient (Wildman–Crippen LogP) is 2.99. The molecule has 4 heteroatoms. The normalized spacial score (nSPS) is 14.4. The molecule has 0 saturated heterocycles. The van der Waals surface area contributed by atoms with Gasteiger partial charge in [0.05, 0.1) is 0 Å². The lowest BCUT2D eigenvalue weighted by Crippen LogP contribution is -2.16. The summed E-state index contributed by atoms with van der Waals surface area (Å²) in [7, 11) is 0. The lowest BCUT2D eigenvalue weighted by molar-refractivity contribution is -0.110. The monoisotopic (exact) mass is 314 g/mol. The molecule has 0 aliphatic heterocycles. The molecular formula is C10H4Br2O2. The van der Waals surface area contributed by atoms with Crippen LogP contribution >= 0.6 is 31.9 Å². The first kappa shape index (κ1) is 9.80. The first-order valence-electron chi connectivity index (χ1n) is 3.86. The van der Waals surface area contributed by atoms with Crippen molar-refractivity contribution in [1.29, 1.82) is 0 Å². The molecule has 0 aromatic heterocycles. The van der Waals surface area contributed by atoms with Gasteiger partial charge in [-0.1, -0.05) is 0 Å². The van der Waals surface area contributed by atoms with Crippen molar-refractivity contribution in [2.75, 3.05) is 0 Å². The molecule has 0 unspecified atom stereocenters. The van der Waals surface area contributed by atoms with Crippen molar-refractivity contribution < 1.29 is 9.59 Å². The number of ketones is 2. The SMILES string of the molecule is O=C1C=Cc2c(ccc(Br)c2Br)C1=O. The Hall–Kier alpha value is -0.740. The molecule has 0 amide bonds. The van der Waals surface area contributed by atoms with E-state index < -0.39 is 11.6 Å². The fraction of sp³-hybridized carbons (Fsp3) is 0. The highest BCUT2D eigenvalue weighted by Gasteiger charge is 2.22. The molecule has 0 atom stereocenters. The van der Waals surface area contributed by atoms with Gasteiger partial charge in [-0.05, 0) is 56.1 Å². The first-order chi connectivity index (χ1) is 6.61. The third-order valence-corrected chi connectivity index (χ3v) is 4.05. The molecule has 1 aliphatic rings. The van der Waals surface area contributed by atoms with Crippen LogP contribution in [0.15, 0.2) is 27.2 Å². The zero-order valence-corrected chi connectivity index (χ0v) is 10.1. The van der Waals surface area contributed by atoms with Gasteiger partial charge in [0, 0.05) is 20.1 Å². The van der Waals surface area contributed by atoms with E-state index >= 15 is 0 Å².